The van der Waals surface area contributed by atoms with Gasteiger partial charge in [0.25, 0.3) is 0 Å². The first kappa shape index (κ1) is 17.7. The quantitative estimate of drug-likeness (QED) is 0.846. The molecule has 5 heteroatoms. The molecule has 1 rings (SSSR count). The Morgan fingerprint density at radius 2 is 1.95 bits per heavy atom. The molecule has 0 heterocycles. The van der Waals surface area contributed by atoms with Gasteiger partial charge >= 0.3 is 0 Å². The monoisotopic (exact) mass is 361 g/mol. The molecule has 1 aromatic rings. The van der Waals surface area contributed by atoms with Crippen LogP contribution in [-0.4, -0.2) is 25.5 Å². The molecule has 0 radical (unpaired) electrons. The molecule has 0 aliphatic heterocycles. The van der Waals surface area contributed by atoms with Crippen LogP contribution in [0.5, 0.6) is 0 Å². The number of halogens is 1. The lowest BCUT2D eigenvalue weighted by molar-refractivity contribution is 0.503. The Balaban J connectivity index is 2.65. The van der Waals surface area contributed by atoms with E-state index in [9.17, 15) is 8.42 Å². The molecule has 1 unspecified atom stereocenters. The van der Waals surface area contributed by atoms with Crippen LogP contribution >= 0.6 is 15.9 Å². The predicted octanol–water partition coefficient (Wildman–Crippen LogP) is 3.17. The molecule has 0 fully saturated rings. The summed E-state index contributed by atoms with van der Waals surface area (Å²) in [4.78, 5) is 0. The summed E-state index contributed by atoms with van der Waals surface area (Å²) in [5.74, 6) is 0.397. The van der Waals surface area contributed by atoms with Gasteiger partial charge in [0.1, 0.15) is 0 Å². The number of rotatable bonds is 6. The van der Waals surface area contributed by atoms with Crippen molar-refractivity contribution in [2.24, 2.45) is 11.7 Å². The van der Waals surface area contributed by atoms with E-state index in [1.54, 1.807) is 20.8 Å². The van der Waals surface area contributed by atoms with Gasteiger partial charge in [0, 0.05) is 4.47 Å². The molecule has 0 saturated carbocycles. The van der Waals surface area contributed by atoms with Gasteiger partial charge in [-0.3, -0.25) is 0 Å². The molecule has 0 aromatic heterocycles. The molecule has 0 spiro atoms. The fourth-order valence-electron chi connectivity index (χ4n) is 1.93. The highest BCUT2D eigenvalue weighted by Crippen LogP contribution is 2.21. The lowest BCUT2D eigenvalue weighted by atomic mass is 9.97. The molecule has 0 saturated heterocycles. The Morgan fingerprint density at radius 1 is 1.30 bits per heavy atom. The third-order valence-corrected chi connectivity index (χ3v) is 6.61. The van der Waals surface area contributed by atoms with Crippen LogP contribution in [0.3, 0.4) is 0 Å². The molecule has 2 N–H and O–H groups in total. The number of hydrogen-bond donors (Lipinski definition) is 1. The Morgan fingerprint density at radius 3 is 2.45 bits per heavy atom. The van der Waals surface area contributed by atoms with Gasteiger partial charge in [0.2, 0.25) is 0 Å². The van der Waals surface area contributed by atoms with Gasteiger partial charge in [0.05, 0.1) is 10.5 Å². The number of hydrogen-bond acceptors (Lipinski definition) is 3. The van der Waals surface area contributed by atoms with Crippen LogP contribution in [0.25, 0.3) is 0 Å². The molecule has 0 aliphatic carbocycles. The lowest BCUT2D eigenvalue weighted by Gasteiger charge is -2.21. The summed E-state index contributed by atoms with van der Waals surface area (Å²) < 4.78 is 24.6. The van der Waals surface area contributed by atoms with Crippen molar-refractivity contribution in [3.63, 3.8) is 0 Å². The number of benzene rings is 1. The first-order valence-corrected chi connectivity index (χ1v) is 9.27. The van der Waals surface area contributed by atoms with Crippen LogP contribution in [0.15, 0.2) is 28.7 Å². The Hall–Kier alpha value is -0.390. The van der Waals surface area contributed by atoms with Crippen molar-refractivity contribution >= 4 is 25.8 Å². The van der Waals surface area contributed by atoms with E-state index < -0.39 is 14.6 Å². The Bertz CT molecular complexity index is 535. The summed E-state index contributed by atoms with van der Waals surface area (Å²) in [6.07, 6.45) is 1.43. The van der Waals surface area contributed by atoms with Gasteiger partial charge in [-0.15, -0.1) is 0 Å². The number of nitrogens with two attached hydrogens (primary N) is 1. The highest BCUT2D eigenvalue weighted by Gasteiger charge is 2.29. The third-order valence-electron chi connectivity index (χ3n) is 3.47. The Labute approximate surface area is 131 Å². The SMILES string of the molecule is CC(C)(C)S(=O)(=O)CCC(CN)Cc1cccc(Br)c1. The van der Waals surface area contributed by atoms with Crippen LogP contribution in [0, 0.1) is 5.92 Å². The summed E-state index contributed by atoms with van der Waals surface area (Å²) in [5, 5.41) is 0. The van der Waals surface area contributed by atoms with Crippen LogP contribution < -0.4 is 5.73 Å². The highest BCUT2D eigenvalue weighted by molar-refractivity contribution is 9.10. The average molecular weight is 362 g/mol. The van der Waals surface area contributed by atoms with Crippen molar-refractivity contribution in [3.8, 4) is 0 Å². The fraction of sp³-hybridized carbons (Fsp3) is 0.600. The molecule has 0 bridgehead atoms. The topological polar surface area (TPSA) is 60.2 Å². The summed E-state index contributed by atoms with van der Waals surface area (Å²) >= 11 is 3.44. The van der Waals surface area contributed by atoms with Crippen molar-refractivity contribution in [2.75, 3.05) is 12.3 Å². The van der Waals surface area contributed by atoms with Crippen molar-refractivity contribution in [1.82, 2.24) is 0 Å². The van der Waals surface area contributed by atoms with Gasteiger partial charge in [0.15, 0.2) is 9.84 Å². The Kier molecular flexibility index (Phi) is 6.23. The molecule has 20 heavy (non-hydrogen) atoms. The molecular weight excluding hydrogens is 338 g/mol. The van der Waals surface area contributed by atoms with E-state index >= 15 is 0 Å². The van der Waals surface area contributed by atoms with Crippen molar-refractivity contribution in [1.29, 1.82) is 0 Å². The third kappa shape index (κ3) is 5.19. The van der Waals surface area contributed by atoms with E-state index in [2.05, 4.69) is 22.0 Å². The minimum absolute atomic E-state index is 0.196. The smallest absolute Gasteiger partial charge is 0.155 e. The zero-order valence-electron chi connectivity index (χ0n) is 12.4. The molecule has 0 aliphatic rings. The zero-order chi connectivity index (χ0) is 15.4. The standard InChI is InChI=1S/C15H24BrNO2S/c1-15(2,3)20(18,19)8-7-13(11-17)9-12-5-4-6-14(16)10-12/h4-6,10,13H,7-9,11,17H2,1-3H3. The summed E-state index contributed by atoms with van der Waals surface area (Å²) in [6, 6.07) is 8.07. The maximum atomic E-state index is 12.1. The summed E-state index contributed by atoms with van der Waals surface area (Å²) in [7, 11) is -3.07. The maximum Gasteiger partial charge on any atom is 0.155 e. The molecule has 0 amide bonds. The van der Waals surface area contributed by atoms with E-state index in [-0.39, 0.29) is 11.7 Å². The van der Waals surface area contributed by atoms with Gasteiger partial charge in [-0.05, 0) is 63.8 Å². The molecular formula is C15H24BrNO2S. The second-order valence-corrected chi connectivity index (χ2v) is 9.93. The molecule has 114 valence electrons. The van der Waals surface area contributed by atoms with Crippen LogP contribution in [-0.2, 0) is 16.3 Å². The first-order chi connectivity index (χ1) is 9.15. The molecule has 3 nitrogen and oxygen atoms in total. The molecule has 1 aromatic carbocycles. The van der Waals surface area contributed by atoms with Crippen molar-refractivity contribution in [2.45, 2.75) is 38.4 Å². The van der Waals surface area contributed by atoms with E-state index in [1.165, 1.54) is 5.56 Å². The largest absolute Gasteiger partial charge is 0.330 e. The van der Waals surface area contributed by atoms with Gasteiger partial charge < -0.3 is 5.73 Å². The normalized spacial score (nSPS) is 14.2. The number of sulfone groups is 1. The van der Waals surface area contributed by atoms with E-state index in [0.717, 1.165) is 10.9 Å². The molecule has 1 atom stereocenters. The van der Waals surface area contributed by atoms with Gasteiger partial charge in [-0.25, -0.2) is 8.42 Å². The van der Waals surface area contributed by atoms with E-state index in [0.29, 0.717) is 13.0 Å². The summed E-state index contributed by atoms with van der Waals surface area (Å²) in [5.41, 5.74) is 6.97. The predicted molar refractivity (Wildman–Crippen MR) is 88.5 cm³/mol. The first-order valence-electron chi connectivity index (χ1n) is 6.82. The highest BCUT2D eigenvalue weighted by atomic mass is 79.9. The summed E-state index contributed by atoms with van der Waals surface area (Å²) in [6.45, 7) is 5.74. The van der Waals surface area contributed by atoms with E-state index in [1.807, 2.05) is 18.2 Å². The van der Waals surface area contributed by atoms with Crippen LogP contribution in [0.2, 0.25) is 0 Å². The second-order valence-electron chi connectivity index (χ2n) is 6.16. The lowest BCUT2D eigenvalue weighted by Crippen LogP contribution is -2.32. The van der Waals surface area contributed by atoms with E-state index in [4.69, 9.17) is 5.73 Å². The second kappa shape index (κ2) is 7.05. The van der Waals surface area contributed by atoms with Crippen molar-refractivity contribution < 1.29 is 8.42 Å². The minimum atomic E-state index is -3.07. The van der Waals surface area contributed by atoms with Crippen LogP contribution in [0.1, 0.15) is 32.8 Å². The zero-order valence-corrected chi connectivity index (χ0v) is 14.8. The van der Waals surface area contributed by atoms with Crippen molar-refractivity contribution in [3.05, 3.63) is 34.3 Å². The maximum absolute atomic E-state index is 12.1. The fourth-order valence-corrected chi connectivity index (χ4v) is 3.63. The minimum Gasteiger partial charge on any atom is -0.330 e. The van der Waals surface area contributed by atoms with Gasteiger partial charge in [-0.2, -0.15) is 0 Å². The average Bonchev–Trinajstić information content (AvgIpc) is 2.33. The van der Waals surface area contributed by atoms with Crippen LogP contribution in [0.4, 0.5) is 0 Å². The van der Waals surface area contributed by atoms with Gasteiger partial charge in [-0.1, -0.05) is 28.1 Å².